The summed E-state index contributed by atoms with van der Waals surface area (Å²) in [7, 11) is 0.846. The summed E-state index contributed by atoms with van der Waals surface area (Å²) in [5.74, 6) is -4.61. The standard InChI is InChI=1S/C35H35Cl2N3O2S.C6H8O7/c1-39(35(41)31-8-5-6-27-20-24(22-38)10-12-29(27)31)23-28(26-11-13-32(36)33(37)21-26)16-19-40-17-14-25(15-18-40)30-7-3-4-9-34(30)43(2)42;7-3(8)1-6(13,5(11)12)2-4(9)10/h3-13,20-21,25,28H,14-19,23H2,1-2H3;13H,1-2H2,(H,7,8)(H,9,10)(H,11,12)/t28?,43-;/m0./s1. The van der Waals surface area contributed by atoms with Gasteiger partial charge in [0.15, 0.2) is 5.60 Å². The van der Waals surface area contributed by atoms with Crippen molar-refractivity contribution in [3.8, 4) is 6.07 Å². The molecule has 1 aliphatic heterocycles. The predicted molar refractivity (Wildman–Crippen MR) is 214 cm³/mol. The van der Waals surface area contributed by atoms with Gasteiger partial charge in [-0.1, -0.05) is 65.7 Å². The molecule has 0 saturated carbocycles. The van der Waals surface area contributed by atoms with Crippen molar-refractivity contribution in [2.45, 2.75) is 54.4 Å². The molecule has 12 nitrogen and oxygen atoms in total. The van der Waals surface area contributed by atoms with E-state index in [1.807, 2.05) is 73.8 Å². The summed E-state index contributed by atoms with van der Waals surface area (Å²) in [6.45, 7) is 3.36. The van der Waals surface area contributed by atoms with Gasteiger partial charge in [0.2, 0.25) is 0 Å². The number of fused-ring (bicyclic) bond motifs is 1. The largest absolute Gasteiger partial charge is 0.481 e. The smallest absolute Gasteiger partial charge is 0.336 e. The molecule has 1 amide bonds. The number of halogens is 2. The van der Waals surface area contributed by atoms with Gasteiger partial charge >= 0.3 is 17.9 Å². The highest BCUT2D eigenvalue weighted by Gasteiger charge is 2.40. The summed E-state index contributed by atoms with van der Waals surface area (Å²) in [6.07, 6.45) is 2.38. The Bertz CT molecular complexity index is 2130. The molecule has 1 saturated heterocycles. The summed E-state index contributed by atoms with van der Waals surface area (Å²) in [6, 6.07) is 27.1. The normalized spacial score (nSPS) is 14.5. The van der Waals surface area contributed by atoms with Gasteiger partial charge in [-0.05, 0) is 103 Å². The second-order valence-electron chi connectivity index (χ2n) is 13.8. The van der Waals surface area contributed by atoms with Gasteiger partial charge in [0.1, 0.15) is 0 Å². The second kappa shape index (κ2) is 19.8. The lowest BCUT2D eigenvalue weighted by molar-refractivity contribution is -0.170. The maximum Gasteiger partial charge on any atom is 0.336 e. The summed E-state index contributed by atoms with van der Waals surface area (Å²) in [5, 5.41) is 45.8. The van der Waals surface area contributed by atoms with Crippen LogP contribution in [-0.2, 0) is 25.2 Å². The maximum atomic E-state index is 13.7. The van der Waals surface area contributed by atoms with Crippen LogP contribution in [0.4, 0.5) is 0 Å². The molecule has 5 rings (SSSR count). The molecule has 0 aromatic heterocycles. The fourth-order valence-corrected chi connectivity index (χ4v) is 8.03. The van der Waals surface area contributed by atoms with Crippen molar-refractivity contribution in [3.63, 3.8) is 0 Å². The van der Waals surface area contributed by atoms with E-state index < -0.39 is 47.2 Å². The summed E-state index contributed by atoms with van der Waals surface area (Å²) in [5.41, 5.74) is 0.720. The minimum absolute atomic E-state index is 0.0600. The zero-order chi connectivity index (χ0) is 41.2. The van der Waals surface area contributed by atoms with Crippen molar-refractivity contribution in [3.05, 3.63) is 111 Å². The minimum Gasteiger partial charge on any atom is -0.481 e. The van der Waals surface area contributed by atoms with Gasteiger partial charge in [0.25, 0.3) is 5.91 Å². The van der Waals surface area contributed by atoms with Crippen LogP contribution in [0.15, 0.2) is 83.8 Å². The molecular weight excluding hydrogens is 781 g/mol. The molecule has 0 spiro atoms. The number of hydrogen-bond donors (Lipinski definition) is 4. The lowest BCUT2D eigenvalue weighted by Gasteiger charge is -2.34. The van der Waals surface area contributed by atoms with Crippen LogP contribution >= 0.6 is 23.2 Å². The number of aliphatic carboxylic acids is 3. The molecule has 1 heterocycles. The molecular formula is C41H43Cl2N3O9S. The third-order valence-electron chi connectivity index (χ3n) is 9.83. The molecule has 0 bridgehead atoms. The molecule has 0 aliphatic carbocycles. The minimum atomic E-state index is -2.74. The van der Waals surface area contributed by atoms with Crippen LogP contribution in [0.1, 0.15) is 71.0 Å². The monoisotopic (exact) mass is 823 g/mol. The Morgan fingerprint density at radius 3 is 2.18 bits per heavy atom. The van der Waals surface area contributed by atoms with E-state index in [0.29, 0.717) is 33.6 Å². The van der Waals surface area contributed by atoms with E-state index in [1.165, 1.54) is 5.56 Å². The fraction of sp³-hybridized carbons (Fsp3) is 0.341. The number of nitrogens with zero attached hydrogens (tertiary/aromatic N) is 3. The van der Waals surface area contributed by atoms with E-state index in [9.17, 15) is 28.6 Å². The molecule has 4 N–H and O–H groups in total. The lowest BCUT2D eigenvalue weighted by atomic mass is 9.88. The van der Waals surface area contributed by atoms with Crippen LogP contribution in [0.3, 0.4) is 0 Å². The van der Waals surface area contributed by atoms with Crippen molar-refractivity contribution in [2.24, 2.45) is 0 Å². The maximum absolute atomic E-state index is 13.7. The molecule has 1 fully saturated rings. The number of carboxylic acids is 3. The highest BCUT2D eigenvalue weighted by molar-refractivity contribution is 7.84. The Morgan fingerprint density at radius 2 is 1.59 bits per heavy atom. The molecule has 2 atom stereocenters. The van der Waals surface area contributed by atoms with Crippen LogP contribution in [0, 0.1) is 11.3 Å². The summed E-state index contributed by atoms with van der Waals surface area (Å²) >= 11 is 12.7. The average molecular weight is 825 g/mol. The summed E-state index contributed by atoms with van der Waals surface area (Å²) < 4.78 is 12.3. The number of carbonyl (C=O) groups is 4. The van der Waals surface area contributed by atoms with E-state index >= 15 is 0 Å². The Morgan fingerprint density at radius 1 is 0.929 bits per heavy atom. The van der Waals surface area contributed by atoms with Gasteiger partial charge in [0, 0.05) is 36.2 Å². The first kappa shape index (κ1) is 43.9. The van der Waals surface area contributed by atoms with Gasteiger partial charge in [-0.2, -0.15) is 5.26 Å². The number of rotatable bonds is 14. The number of likely N-dealkylation sites (N-methyl/N-ethyl adjacent to an activating group) is 1. The third kappa shape index (κ3) is 11.6. The van der Waals surface area contributed by atoms with Crippen molar-refractivity contribution >= 4 is 68.6 Å². The number of carbonyl (C=O) groups excluding carboxylic acids is 1. The molecule has 296 valence electrons. The van der Waals surface area contributed by atoms with Crippen molar-refractivity contribution < 1.29 is 43.8 Å². The van der Waals surface area contributed by atoms with E-state index in [4.69, 9.17) is 43.6 Å². The molecule has 15 heteroatoms. The van der Waals surface area contributed by atoms with Crippen LogP contribution in [0.2, 0.25) is 10.0 Å². The van der Waals surface area contributed by atoms with Crippen LogP contribution in [0.25, 0.3) is 10.8 Å². The van der Waals surface area contributed by atoms with Crippen molar-refractivity contribution in [1.29, 1.82) is 5.26 Å². The van der Waals surface area contributed by atoms with Crippen molar-refractivity contribution in [1.82, 2.24) is 9.80 Å². The Hall–Kier alpha value is -4.84. The quantitative estimate of drug-likeness (QED) is 0.107. The molecule has 1 unspecified atom stereocenters. The fourth-order valence-electron chi connectivity index (χ4n) is 6.89. The van der Waals surface area contributed by atoms with Gasteiger partial charge < -0.3 is 30.2 Å². The van der Waals surface area contributed by atoms with E-state index in [-0.39, 0.29) is 11.8 Å². The molecule has 4 aromatic rings. The Labute approximate surface area is 337 Å². The Kier molecular flexibility index (Phi) is 15.5. The average Bonchev–Trinajstić information content (AvgIpc) is 3.16. The zero-order valence-corrected chi connectivity index (χ0v) is 33.2. The van der Waals surface area contributed by atoms with E-state index in [0.717, 1.165) is 60.1 Å². The van der Waals surface area contributed by atoms with Crippen LogP contribution in [0.5, 0.6) is 0 Å². The third-order valence-corrected chi connectivity index (χ3v) is 11.6. The number of aliphatic hydroxyl groups is 1. The summed E-state index contributed by atoms with van der Waals surface area (Å²) in [4.78, 5) is 49.4. The number of likely N-dealkylation sites (tertiary alicyclic amines) is 1. The SMILES string of the molecule is CN(CC(CCN1CCC(c2ccccc2[S@](C)=O)CC1)c1ccc(Cl)c(Cl)c1)C(=O)c1cccc2cc(C#N)ccc12.O=C(O)CC(O)(CC(=O)O)C(=O)O. The number of amides is 1. The Balaban J connectivity index is 0.000000460. The number of benzene rings is 4. The first-order valence-corrected chi connectivity index (χ1v) is 20.0. The molecule has 1 aliphatic rings. The topological polar surface area (TPSA) is 197 Å². The van der Waals surface area contributed by atoms with Gasteiger partial charge in [-0.25, -0.2) is 4.79 Å². The van der Waals surface area contributed by atoms with Crippen LogP contribution in [-0.4, -0.2) is 103 Å². The van der Waals surface area contributed by atoms with Gasteiger partial charge in [-0.15, -0.1) is 0 Å². The number of nitriles is 1. The van der Waals surface area contributed by atoms with E-state index in [1.54, 1.807) is 17.2 Å². The number of piperidine rings is 1. The molecule has 0 radical (unpaired) electrons. The number of hydrogen-bond acceptors (Lipinski definition) is 8. The predicted octanol–water partition coefficient (Wildman–Crippen LogP) is 6.63. The van der Waals surface area contributed by atoms with Gasteiger partial charge in [-0.3, -0.25) is 18.6 Å². The van der Waals surface area contributed by atoms with Gasteiger partial charge in [0.05, 0.1) is 45.3 Å². The highest BCUT2D eigenvalue weighted by atomic mass is 35.5. The van der Waals surface area contributed by atoms with Crippen LogP contribution < -0.4 is 0 Å². The van der Waals surface area contributed by atoms with E-state index in [2.05, 4.69) is 17.0 Å². The number of carboxylic acid groups (broad SMARTS) is 3. The molecule has 4 aromatic carbocycles. The first-order valence-electron chi connectivity index (χ1n) is 17.7. The second-order valence-corrected chi connectivity index (χ2v) is 15.9. The molecule has 56 heavy (non-hydrogen) atoms. The first-order chi connectivity index (χ1) is 26.5. The highest BCUT2D eigenvalue weighted by Crippen LogP contribution is 2.34. The zero-order valence-electron chi connectivity index (χ0n) is 30.9. The van der Waals surface area contributed by atoms with Crippen molar-refractivity contribution in [2.75, 3.05) is 39.5 Å². The lowest BCUT2D eigenvalue weighted by Crippen LogP contribution is -2.42.